The van der Waals surface area contributed by atoms with Gasteiger partial charge in [0.2, 0.25) is 11.8 Å². The number of benzene rings is 2. The van der Waals surface area contributed by atoms with Crippen molar-refractivity contribution in [3.63, 3.8) is 0 Å². The highest BCUT2D eigenvalue weighted by Gasteiger charge is 2.17. The van der Waals surface area contributed by atoms with Crippen molar-refractivity contribution in [3.8, 4) is 11.5 Å². The van der Waals surface area contributed by atoms with Gasteiger partial charge >= 0.3 is 5.97 Å². The molecule has 0 bridgehead atoms. The summed E-state index contributed by atoms with van der Waals surface area (Å²) < 4.78 is 15.0. The molecule has 0 radical (unpaired) electrons. The van der Waals surface area contributed by atoms with E-state index in [-0.39, 0.29) is 18.4 Å². The van der Waals surface area contributed by atoms with Crippen LogP contribution in [0.25, 0.3) is 0 Å². The number of amides is 2. The van der Waals surface area contributed by atoms with Crippen molar-refractivity contribution in [1.29, 1.82) is 0 Å². The molecule has 2 amide bonds. The number of anilines is 2. The maximum absolute atomic E-state index is 12.4. The minimum Gasteiger partial charge on any atom is -0.493 e. The Morgan fingerprint density at radius 1 is 0.929 bits per heavy atom. The fourth-order valence-corrected chi connectivity index (χ4v) is 2.54. The Balaban J connectivity index is 2.13. The predicted molar refractivity (Wildman–Crippen MR) is 104 cm³/mol. The van der Waals surface area contributed by atoms with Crippen molar-refractivity contribution >= 4 is 29.2 Å². The van der Waals surface area contributed by atoms with Crippen LogP contribution in [-0.2, 0) is 14.3 Å². The van der Waals surface area contributed by atoms with Gasteiger partial charge in [-0.3, -0.25) is 9.59 Å². The number of hydrogen-bond donors (Lipinski definition) is 1. The van der Waals surface area contributed by atoms with Crippen LogP contribution in [0.3, 0.4) is 0 Å². The summed E-state index contributed by atoms with van der Waals surface area (Å²) in [5.41, 5.74) is 1.35. The third-order valence-corrected chi connectivity index (χ3v) is 3.95. The minimum absolute atomic E-state index is 0.193. The van der Waals surface area contributed by atoms with Crippen LogP contribution in [0.2, 0.25) is 0 Å². The molecule has 2 aromatic rings. The Kier molecular flexibility index (Phi) is 6.97. The second-order valence-electron chi connectivity index (χ2n) is 5.76. The van der Waals surface area contributed by atoms with E-state index in [1.54, 1.807) is 30.3 Å². The summed E-state index contributed by atoms with van der Waals surface area (Å²) >= 11 is 0. The van der Waals surface area contributed by atoms with Crippen molar-refractivity contribution in [3.05, 3.63) is 48.0 Å². The van der Waals surface area contributed by atoms with Gasteiger partial charge in [0.25, 0.3) is 0 Å². The molecule has 2 aromatic carbocycles. The summed E-state index contributed by atoms with van der Waals surface area (Å²) in [5, 5.41) is 2.72. The van der Waals surface area contributed by atoms with E-state index in [0.29, 0.717) is 28.4 Å². The molecule has 0 aliphatic heterocycles. The smallest absolute Gasteiger partial charge is 0.337 e. The van der Waals surface area contributed by atoms with E-state index in [1.807, 2.05) is 0 Å². The van der Waals surface area contributed by atoms with E-state index in [1.165, 1.54) is 45.3 Å². The van der Waals surface area contributed by atoms with Crippen LogP contribution in [0.15, 0.2) is 42.5 Å². The van der Waals surface area contributed by atoms with Gasteiger partial charge < -0.3 is 24.4 Å². The normalized spacial score (nSPS) is 10.0. The van der Waals surface area contributed by atoms with Crippen molar-refractivity contribution < 1.29 is 28.6 Å². The van der Waals surface area contributed by atoms with Gasteiger partial charge in [0.1, 0.15) is 6.54 Å². The first kappa shape index (κ1) is 20.8. The molecule has 8 heteroatoms. The van der Waals surface area contributed by atoms with Crippen LogP contribution >= 0.6 is 0 Å². The van der Waals surface area contributed by atoms with Gasteiger partial charge in [0.05, 0.1) is 26.9 Å². The number of methoxy groups -OCH3 is 3. The monoisotopic (exact) mass is 386 g/mol. The zero-order chi connectivity index (χ0) is 20.7. The molecule has 0 unspecified atom stereocenters. The fourth-order valence-electron chi connectivity index (χ4n) is 2.54. The number of hydrogen-bond acceptors (Lipinski definition) is 6. The Labute approximate surface area is 163 Å². The highest BCUT2D eigenvalue weighted by atomic mass is 16.5. The van der Waals surface area contributed by atoms with Crippen molar-refractivity contribution in [1.82, 2.24) is 0 Å². The van der Waals surface area contributed by atoms with Crippen LogP contribution in [0.4, 0.5) is 11.4 Å². The number of nitrogens with zero attached hydrogens (tertiary/aromatic N) is 1. The summed E-state index contributed by atoms with van der Waals surface area (Å²) in [6.45, 7) is 1.17. The zero-order valence-corrected chi connectivity index (χ0v) is 16.1. The molecule has 28 heavy (non-hydrogen) atoms. The van der Waals surface area contributed by atoms with Crippen LogP contribution in [0, 0.1) is 0 Å². The van der Waals surface area contributed by atoms with Gasteiger partial charge in [-0.05, 0) is 36.4 Å². The average Bonchev–Trinajstić information content (AvgIpc) is 2.71. The van der Waals surface area contributed by atoms with Crippen LogP contribution in [-0.4, -0.2) is 45.7 Å². The lowest BCUT2D eigenvalue weighted by Crippen LogP contribution is -2.36. The lowest BCUT2D eigenvalue weighted by atomic mass is 10.2. The second-order valence-corrected chi connectivity index (χ2v) is 5.76. The fraction of sp³-hybridized carbons (Fsp3) is 0.250. The van der Waals surface area contributed by atoms with E-state index >= 15 is 0 Å². The van der Waals surface area contributed by atoms with E-state index in [2.05, 4.69) is 10.1 Å². The number of carbonyl (C=O) groups excluding carboxylic acids is 3. The molecule has 8 nitrogen and oxygen atoms in total. The summed E-state index contributed by atoms with van der Waals surface area (Å²) in [7, 11) is 4.31. The highest BCUT2D eigenvalue weighted by Crippen LogP contribution is 2.29. The van der Waals surface area contributed by atoms with Crippen LogP contribution in [0.1, 0.15) is 17.3 Å². The minimum atomic E-state index is -0.480. The molecule has 0 aromatic heterocycles. The van der Waals surface area contributed by atoms with E-state index in [4.69, 9.17) is 9.47 Å². The average molecular weight is 386 g/mol. The zero-order valence-electron chi connectivity index (χ0n) is 16.1. The quantitative estimate of drug-likeness (QED) is 0.735. The number of nitrogens with one attached hydrogen (secondary N) is 1. The van der Waals surface area contributed by atoms with Crippen molar-refractivity contribution in [2.45, 2.75) is 6.92 Å². The molecule has 0 aliphatic carbocycles. The summed E-state index contributed by atoms with van der Waals surface area (Å²) in [4.78, 5) is 37.3. The molecule has 0 heterocycles. The first-order chi connectivity index (χ1) is 13.4. The second kappa shape index (κ2) is 9.40. The van der Waals surface area contributed by atoms with Gasteiger partial charge in [-0.1, -0.05) is 0 Å². The third-order valence-electron chi connectivity index (χ3n) is 3.95. The molecule has 0 spiro atoms. The lowest BCUT2D eigenvalue weighted by Gasteiger charge is -2.21. The molecule has 1 N–H and O–H groups in total. The van der Waals surface area contributed by atoms with E-state index in [0.717, 1.165) is 0 Å². The molecule has 0 aliphatic rings. The first-order valence-corrected chi connectivity index (χ1v) is 8.38. The Hall–Kier alpha value is -3.55. The summed E-state index contributed by atoms with van der Waals surface area (Å²) in [5.74, 6) is -0.168. The van der Waals surface area contributed by atoms with Gasteiger partial charge in [-0.15, -0.1) is 0 Å². The largest absolute Gasteiger partial charge is 0.493 e. The Morgan fingerprint density at radius 2 is 1.57 bits per heavy atom. The number of carbonyl (C=O) groups is 3. The van der Waals surface area contributed by atoms with Crippen LogP contribution < -0.4 is 19.7 Å². The number of ether oxygens (including phenoxy) is 3. The van der Waals surface area contributed by atoms with Gasteiger partial charge in [-0.2, -0.15) is 0 Å². The lowest BCUT2D eigenvalue weighted by molar-refractivity contribution is -0.120. The van der Waals surface area contributed by atoms with Gasteiger partial charge in [0, 0.05) is 24.4 Å². The van der Waals surface area contributed by atoms with Gasteiger partial charge in [0.15, 0.2) is 11.5 Å². The van der Waals surface area contributed by atoms with Crippen LogP contribution in [0.5, 0.6) is 11.5 Å². The molecule has 0 saturated carbocycles. The highest BCUT2D eigenvalue weighted by molar-refractivity contribution is 6.02. The maximum Gasteiger partial charge on any atom is 0.337 e. The maximum atomic E-state index is 12.4. The van der Waals surface area contributed by atoms with Gasteiger partial charge in [-0.25, -0.2) is 4.79 Å². The Bertz CT molecular complexity index is 863. The molecule has 148 valence electrons. The summed E-state index contributed by atoms with van der Waals surface area (Å²) in [6.07, 6.45) is 0. The van der Waals surface area contributed by atoms with Crippen molar-refractivity contribution in [2.75, 3.05) is 38.1 Å². The number of rotatable bonds is 7. The SMILES string of the molecule is COC(=O)c1ccc(N(CC(=O)Nc2ccc(OC)c(OC)c2)C(C)=O)cc1. The molecule has 0 atom stereocenters. The number of esters is 1. The standard InChI is InChI=1S/C20H22N2O6/c1-13(23)22(16-8-5-14(6-9-16)20(25)28-4)12-19(24)21-15-7-10-17(26-2)18(11-15)27-3/h5-11H,12H2,1-4H3,(H,21,24). The molecule has 0 saturated heterocycles. The topological polar surface area (TPSA) is 94.2 Å². The van der Waals surface area contributed by atoms with E-state index < -0.39 is 5.97 Å². The molecular formula is C20H22N2O6. The molecular weight excluding hydrogens is 364 g/mol. The molecule has 2 rings (SSSR count). The predicted octanol–water partition coefficient (Wildman–Crippen LogP) is 2.48. The Morgan fingerprint density at radius 3 is 2.11 bits per heavy atom. The van der Waals surface area contributed by atoms with Crippen molar-refractivity contribution in [2.24, 2.45) is 0 Å². The summed E-state index contributed by atoms with van der Waals surface area (Å²) in [6, 6.07) is 11.2. The first-order valence-electron chi connectivity index (χ1n) is 8.38. The van der Waals surface area contributed by atoms with E-state index in [9.17, 15) is 14.4 Å². The third kappa shape index (κ3) is 5.00. The molecule has 0 fully saturated rings.